The molecule has 1 heterocycles. The smallest absolute Gasteiger partial charge is 0.339 e. The van der Waals surface area contributed by atoms with Gasteiger partial charge in [0.25, 0.3) is 0 Å². The third kappa shape index (κ3) is 4.08. The molecule has 0 amide bonds. The zero-order chi connectivity index (χ0) is 20.6. The summed E-state index contributed by atoms with van der Waals surface area (Å²) < 4.78 is 49.3. The summed E-state index contributed by atoms with van der Waals surface area (Å²) in [6, 6.07) is 15.7. The Morgan fingerprint density at radius 1 is 0.966 bits per heavy atom. The second-order valence-electron chi connectivity index (χ2n) is 6.14. The van der Waals surface area contributed by atoms with Gasteiger partial charge in [0.2, 0.25) is 5.78 Å². The highest BCUT2D eigenvalue weighted by molar-refractivity contribution is 9.10. The van der Waals surface area contributed by atoms with Crippen LogP contribution in [0.5, 0.6) is 11.5 Å². The third-order valence-electron chi connectivity index (χ3n) is 4.12. The largest absolute Gasteiger partial charge is 0.452 e. The van der Waals surface area contributed by atoms with E-state index in [-0.39, 0.29) is 27.9 Å². The van der Waals surface area contributed by atoms with E-state index in [1.54, 1.807) is 6.08 Å². The molecule has 8 heteroatoms. The number of benzene rings is 3. The van der Waals surface area contributed by atoms with Crippen LogP contribution in [0.25, 0.3) is 6.08 Å². The quantitative estimate of drug-likeness (QED) is 0.394. The summed E-state index contributed by atoms with van der Waals surface area (Å²) in [6.07, 6.45) is 1.60. The molecule has 0 spiro atoms. The lowest BCUT2D eigenvalue weighted by Gasteiger charge is -2.08. The van der Waals surface area contributed by atoms with Gasteiger partial charge in [-0.05, 0) is 60.2 Å². The van der Waals surface area contributed by atoms with Gasteiger partial charge in [0.05, 0.1) is 5.56 Å². The minimum atomic E-state index is -4.15. The van der Waals surface area contributed by atoms with Crippen LogP contribution in [0, 0.1) is 5.82 Å². The number of ether oxygens (including phenoxy) is 1. The van der Waals surface area contributed by atoms with E-state index in [0.717, 1.165) is 34.3 Å². The highest BCUT2D eigenvalue weighted by atomic mass is 79.9. The van der Waals surface area contributed by atoms with Crippen LogP contribution in [-0.4, -0.2) is 14.2 Å². The standard InChI is InChI=1S/C21H12BrFO5S/c22-14-3-1-13(2-4-14)11-20-21(24)18-10-7-16(12-19(18)27-20)28-29(25,26)17-8-5-15(23)6-9-17/h1-12H. The molecule has 4 rings (SSSR count). The lowest BCUT2D eigenvalue weighted by atomic mass is 10.1. The summed E-state index contributed by atoms with van der Waals surface area (Å²) in [5, 5.41) is 0. The lowest BCUT2D eigenvalue weighted by molar-refractivity contribution is 0.101. The van der Waals surface area contributed by atoms with Crippen molar-refractivity contribution < 1.29 is 26.5 Å². The van der Waals surface area contributed by atoms with Crippen molar-refractivity contribution >= 4 is 37.9 Å². The van der Waals surface area contributed by atoms with Gasteiger partial charge in [-0.1, -0.05) is 28.1 Å². The van der Waals surface area contributed by atoms with Crippen LogP contribution in [-0.2, 0) is 10.1 Å². The minimum absolute atomic E-state index is 0.0224. The van der Waals surface area contributed by atoms with Crippen LogP contribution in [0.1, 0.15) is 15.9 Å². The Balaban J connectivity index is 1.59. The number of rotatable bonds is 4. The maximum Gasteiger partial charge on any atom is 0.339 e. The van der Waals surface area contributed by atoms with Gasteiger partial charge in [0.1, 0.15) is 22.2 Å². The van der Waals surface area contributed by atoms with E-state index in [0.29, 0.717) is 5.56 Å². The highest BCUT2D eigenvalue weighted by Crippen LogP contribution is 2.35. The van der Waals surface area contributed by atoms with Crippen LogP contribution < -0.4 is 8.92 Å². The molecule has 0 saturated carbocycles. The molecule has 0 aliphatic carbocycles. The molecule has 3 aromatic carbocycles. The van der Waals surface area contributed by atoms with Crippen molar-refractivity contribution in [3.05, 3.63) is 93.9 Å². The number of fused-ring (bicyclic) bond motifs is 1. The van der Waals surface area contributed by atoms with Crippen LogP contribution in [0.4, 0.5) is 4.39 Å². The van der Waals surface area contributed by atoms with E-state index >= 15 is 0 Å². The van der Waals surface area contributed by atoms with Crippen molar-refractivity contribution in [2.45, 2.75) is 4.90 Å². The predicted molar refractivity (Wildman–Crippen MR) is 108 cm³/mol. The van der Waals surface area contributed by atoms with Gasteiger partial charge in [0.15, 0.2) is 5.76 Å². The van der Waals surface area contributed by atoms with Crippen molar-refractivity contribution in [3.63, 3.8) is 0 Å². The van der Waals surface area contributed by atoms with Gasteiger partial charge in [-0.3, -0.25) is 4.79 Å². The fraction of sp³-hybridized carbons (Fsp3) is 0. The predicted octanol–water partition coefficient (Wildman–Crippen LogP) is 4.97. The lowest BCUT2D eigenvalue weighted by Crippen LogP contribution is -2.09. The second-order valence-corrected chi connectivity index (χ2v) is 8.60. The van der Waals surface area contributed by atoms with Gasteiger partial charge in [-0.15, -0.1) is 0 Å². The number of Topliss-reactive ketones (excluding diaryl/α,β-unsaturated/α-hetero) is 1. The Morgan fingerprint density at radius 2 is 1.66 bits per heavy atom. The van der Waals surface area contributed by atoms with Gasteiger partial charge in [-0.25, -0.2) is 4.39 Å². The topological polar surface area (TPSA) is 69.7 Å². The molecule has 146 valence electrons. The maximum absolute atomic E-state index is 13.0. The van der Waals surface area contributed by atoms with E-state index in [2.05, 4.69) is 15.9 Å². The Labute approximate surface area is 174 Å². The van der Waals surface area contributed by atoms with Crippen molar-refractivity contribution in [1.29, 1.82) is 0 Å². The fourth-order valence-corrected chi connectivity index (χ4v) is 3.89. The normalized spacial score (nSPS) is 14.6. The molecule has 0 atom stereocenters. The number of halogens is 2. The summed E-state index contributed by atoms with van der Waals surface area (Å²) in [5.74, 6) is -0.564. The van der Waals surface area contributed by atoms with Gasteiger partial charge < -0.3 is 8.92 Å². The number of carbonyl (C=O) groups excluding carboxylic acids is 1. The molecular formula is C21H12BrFO5S. The molecule has 1 aliphatic rings. The van der Waals surface area contributed by atoms with Gasteiger partial charge >= 0.3 is 10.1 Å². The average molecular weight is 475 g/mol. The number of allylic oxidation sites excluding steroid dienone is 1. The summed E-state index contributed by atoms with van der Waals surface area (Å²) in [4.78, 5) is 12.3. The number of hydrogen-bond acceptors (Lipinski definition) is 5. The Morgan fingerprint density at radius 3 is 2.34 bits per heavy atom. The third-order valence-corrected chi connectivity index (χ3v) is 5.91. The molecule has 29 heavy (non-hydrogen) atoms. The van der Waals surface area contributed by atoms with Crippen LogP contribution in [0.15, 0.2) is 81.9 Å². The molecule has 3 aromatic rings. The fourth-order valence-electron chi connectivity index (χ4n) is 2.71. The Hall–Kier alpha value is -2.97. The van der Waals surface area contributed by atoms with Crippen molar-refractivity contribution in [3.8, 4) is 11.5 Å². The summed E-state index contributed by atoms with van der Waals surface area (Å²) in [6.45, 7) is 0. The molecule has 0 unspecified atom stereocenters. The first kappa shape index (κ1) is 19.4. The molecule has 0 saturated heterocycles. The van der Waals surface area contributed by atoms with E-state index in [9.17, 15) is 17.6 Å². The molecule has 0 aromatic heterocycles. The number of ketones is 1. The molecule has 5 nitrogen and oxygen atoms in total. The first-order valence-corrected chi connectivity index (χ1v) is 10.6. The van der Waals surface area contributed by atoms with Crippen LogP contribution in [0.3, 0.4) is 0 Å². The molecule has 0 N–H and O–H groups in total. The number of hydrogen-bond donors (Lipinski definition) is 0. The van der Waals surface area contributed by atoms with Gasteiger partial charge in [0, 0.05) is 10.5 Å². The Bertz CT molecular complexity index is 1230. The molecule has 0 radical (unpaired) electrons. The average Bonchev–Trinajstić information content (AvgIpc) is 2.98. The molecular weight excluding hydrogens is 463 g/mol. The van der Waals surface area contributed by atoms with E-state index in [1.165, 1.54) is 18.2 Å². The first-order valence-electron chi connectivity index (χ1n) is 8.36. The zero-order valence-electron chi connectivity index (χ0n) is 14.6. The molecule has 0 bridgehead atoms. The van der Waals surface area contributed by atoms with E-state index in [4.69, 9.17) is 8.92 Å². The summed E-state index contributed by atoms with van der Waals surface area (Å²) in [5.41, 5.74) is 1.08. The van der Waals surface area contributed by atoms with Crippen molar-refractivity contribution in [2.24, 2.45) is 0 Å². The second kappa shape index (κ2) is 7.46. The van der Waals surface area contributed by atoms with Crippen LogP contribution >= 0.6 is 15.9 Å². The molecule has 0 fully saturated rings. The summed E-state index contributed by atoms with van der Waals surface area (Å²) in [7, 11) is -4.15. The highest BCUT2D eigenvalue weighted by Gasteiger charge is 2.28. The monoisotopic (exact) mass is 474 g/mol. The maximum atomic E-state index is 13.0. The number of carbonyl (C=O) groups is 1. The van der Waals surface area contributed by atoms with Crippen molar-refractivity contribution in [2.75, 3.05) is 0 Å². The van der Waals surface area contributed by atoms with E-state index in [1.807, 2.05) is 24.3 Å². The van der Waals surface area contributed by atoms with Gasteiger partial charge in [-0.2, -0.15) is 8.42 Å². The zero-order valence-corrected chi connectivity index (χ0v) is 17.0. The SMILES string of the molecule is O=C1C(=Cc2ccc(Br)cc2)Oc2cc(OS(=O)(=O)c3ccc(F)cc3)ccc21. The van der Waals surface area contributed by atoms with Crippen molar-refractivity contribution in [1.82, 2.24) is 0 Å². The first-order chi connectivity index (χ1) is 13.8. The van der Waals surface area contributed by atoms with Crippen LogP contribution in [0.2, 0.25) is 0 Å². The Kier molecular flexibility index (Phi) is 4.97. The minimum Gasteiger partial charge on any atom is -0.452 e. The summed E-state index contributed by atoms with van der Waals surface area (Å²) >= 11 is 3.35. The molecule has 1 aliphatic heterocycles. The van der Waals surface area contributed by atoms with E-state index < -0.39 is 15.9 Å².